The maximum absolute atomic E-state index is 12.5. The highest BCUT2D eigenvalue weighted by Crippen LogP contribution is 2.30. The number of allylic oxidation sites excluding steroid dienone is 1. The maximum Gasteiger partial charge on any atom is 0.257 e. The summed E-state index contributed by atoms with van der Waals surface area (Å²) in [5.41, 5.74) is 3.17. The third-order valence-electron chi connectivity index (χ3n) is 3.42. The number of amides is 1. The van der Waals surface area contributed by atoms with Gasteiger partial charge in [-0.1, -0.05) is 23.7 Å². The van der Waals surface area contributed by atoms with E-state index in [0.717, 1.165) is 17.1 Å². The predicted molar refractivity (Wildman–Crippen MR) is 79.1 cm³/mol. The molecule has 0 aliphatic carbocycles. The van der Waals surface area contributed by atoms with E-state index in [-0.39, 0.29) is 5.91 Å². The van der Waals surface area contributed by atoms with Crippen LogP contribution in [-0.4, -0.2) is 27.4 Å². The minimum atomic E-state index is -0.0688. The van der Waals surface area contributed by atoms with Gasteiger partial charge in [-0.3, -0.25) is 9.36 Å². The van der Waals surface area contributed by atoms with Gasteiger partial charge in [0.25, 0.3) is 5.91 Å². The summed E-state index contributed by atoms with van der Waals surface area (Å²) in [6.45, 7) is 2.45. The standard InChI is InChI=1S/C15H14ClN3O/c1-3-5-11-13-8-18(2)15(20)14-10(16)6-4-7-12(14)19(13)9-17-11/h3-7,9H,8H2,1-2H3. The van der Waals surface area contributed by atoms with Crippen LogP contribution < -0.4 is 0 Å². The first-order valence-electron chi connectivity index (χ1n) is 6.36. The molecule has 1 aliphatic rings. The SMILES string of the molecule is CC=Cc1ncn2c1CN(C)C(=O)c1c(Cl)cccc1-2. The fourth-order valence-electron chi connectivity index (χ4n) is 2.46. The minimum Gasteiger partial charge on any atom is -0.336 e. The van der Waals surface area contributed by atoms with E-state index in [1.54, 1.807) is 24.3 Å². The fraction of sp³-hybridized carbons (Fsp3) is 0.200. The molecule has 0 bridgehead atoms. The molecular formula is C15H14ClN3O. The smallest absolute Gasteiger partial charge is 0.257 e. The summed E-state index contributed by atoms with van der Waals surface area (Å²) in [7, 11) is 1.78. The second-order valence-electron chi connectivity index (χ2n) is 4.74. The van der Waals surface area contributed by atoms with E-state index >= 15 is 0 Å². The quantitative estimate of drug-likeness (QED) is 0.808. The van der Waals surface area contributed by atoms with Gasteiger partial charge < -0.3 is 4.90 Å². The number of benzene rings is 1. The summed E-state index contributed by atoms with van der Waals surface area (Å²) < 4.78 is 1.94. The molecule has 2 heterocycles. The number of rotatable bonds is 1. The average molecular weight is 288 g/mol. The summed E-state index contributed by atoms with van der Waals surface area (Å²) in [4.78, 5) is 18.6. The Morgan fingerprint density at radius 1 is 1.40 bits per heavy atom. The van der Waals surface area contributed by atoms with Crippen molar-refractivity contribution in [2.24, 2.45) is 0 Å². The normalized spacial score (nSPS) is 14.3. The molecule has 0 fully saturated rings. The van der Waals surface area contributed by atoms with Gasteiger partial charge in [-0.15, -0.1) is 0 Å². The number of aromatic nitrogens is 2. The second-order valence-corrected chi connectivity index (χ2v) is 5.15. The largest absolute Gasteiger partial charge is 0.336 e. The topological polar surface area (TPSA) is 38.1 Å². The summed E-state index contributed by atoms with van der Waals surface area (Å²) in [6.07, 6.45) is 5.63. The summed E-state index contributed by atoms with van der Waals surface area (Å²) >= 11 is 6.21. The molecule has 4 nitrogen and oxygen atoms in total. The van der Waals surface area contributed by atoms with Gasteiger partial charge in [-0.05, 0) is 25.1 Å². The highest BCUT2D eigenvalue weighted by Gasteiger charge is 2.27. The highest BCUT2D eigenvalue weighted by molar-refractivity contribution is 6.34. The van der Waals surface area contributed by atoms with Crippen molar-refractivity contribution in [3.63, 3.8) is 0 Å². The molecule has 0 N–H and O–H groups in total. The Morgan fingerprint density at radius 3 is 2.95 bits per heavy atom. The molecular weight excluding hydrogens is 274 g/mol. The lowest BCUT2D eigenvalue weighted by atomic mass is 10.1. The molecule has 3 rings (SSSR count). The molecule has 0 unspecified atom stereocenters. The Balaban J connectivity index is 2.32. The number of fused-ring (bicyclic) bond motifs is 3. The summed E-state index contributed by atoms with van der Waals surface area (Å²) in [6, 6.07) is 5.47. The van der Waals surface area contributed by atoms with Gasteiger partial charge in [-0.2, -0.15) is 0 Å². The second kappa shape index (κ2) is 4.80. The number of carbonyl (C=O) groups is 1. The van der Waals surface area contributed by atoms with Gasteiger partial charge in [-0.25, -0.2) is 4.98 Å². The van der Waals surface area contributed by atoms with Crippen molar-refractivity contribution < 1.29 is 4.79 Å². The van der Waals surface area contributed by atoms with Crippen molar-refractivity contribution in [3.05, 3.63) is 52.6 Å². The first-order chi connectivity index (χ1) is 9.63. The van der Waals surface area contributed by atoms with Gasteiger partial charge in [0.15, 0.2) is 0 Å². The molecule has 1 aliphatic heterocycles. The van der Waals surface area contributed by atoms with E-state index in [0.29, 0.717) is 17.1 Å². The molecule has 2 aromatic rings. The molecule has 0 atom stereocenters. The van der Waals surface area contributed by atoms with Crippen LogP contribution in [0.5, 0.6) is 0 Å². The lowest BCUT2D eigenvalue weighted by molar-refractivity contribution is 0.0788. The van der Waals surface area contributed by atoms with Gasteiger partial charge in [0, 0.05) is 7.05 Å². The van der Waals surface area contributed by atoms with Crippen molar-refractivity contribution in [1.82, 2.24) is 14.5 Å². The van der Waals surface area contributed by atoms with Crippen LogP contribution in [0.2, 0.25) is 5.02 Å². The van der Waals surface area contributed by atoms with Crippen LogP contribution in [0.4, 0.5) is 0 Å². The fourth-order valence-corrected chi connectivity index (χ4v) is 2.71. The summed E-state index contributed by atoms with van der Waals surface area (Å²) in [5.74, 6) is -0.0688. The van der Waals surface area contributed by atoms with Gasteiger partial charge >= 0.3 is 0 Å². The number of halogens is 1. The average Bonchev–Trinajstić information content (AvgIpc) is 2.76. The predicted octanol–water partition coefficient (Wildman–Crippen LogP) is 3.14. The first kappa shape index (κ1) is 12.9. The zero-order valence-electron chi connectivity index (χ0n) is 11.3. The van der Waals surface area contributed by atoms with Crippen LogP contribution in [0, 0.1) is 0 Å². The van der Waals surface area contributed by atoms with Crippen molar-refractivity contribution >= 4 is 23.6 Å². The Hall–Kier alpha value is -2.07. The first-order valence-corrected chi connectivity index (χ1v) is 6.74. The van der Waals surface area contributed by atoms with E-state index in [1.807, 2.05) is 35.8 Å². The number of imidazole rings is 1. The number of hydrogen-bond donors (Lipinski definition) is 0. The number of hydrogen-bond acceptors (Lipinski definition) is 2. The molecule has 102 valence electrons. The lowest BCUT2D eigenvalue weighted by Gasteiger charge is -2.14. The zero-order valence-corrected chi connectivity index (χ0v) is 12.1. The lowest BCUT2D eigenvalue weighted by Crippen LogP contribution is -2.25. The van der Waals surface area contributed by atoms with Crippen LogP contribution in [-0.2, 0) is 6.54 Å². The Labute approximate surface area is 122 Å². The van der Waals surface area contributed by atoms with Gasteiger partial charge in [0.05, 0.1) is 34.2 Å². The molecule has 1 amide bonds. The molecule has 0 saturated carbocycles. The van der Waals surface area contributed by atoms with Crippen LogP contribution in [0.1, 0.15) is 28.7 Å². The number of nitrogens with zero attached hydrogens (tertiary/aromatic N) is 3. The van der Waals surface area contributed by atoms with E-state index in [1.165, 1.54) is 0 Å². The monoisotopic (exact) mass is 287 g/mol. The molecule has 5 heteroatoms. The van der Waals surface area contributed by atoms with Crippen molar-refractivity contribution in [2.75, 3.05) is 7.05 Å². The van der Waals surface area contributed by atoms with E-state index in [4.69, 9.17) is 11.6 Å². The van der Waals surface area contributed by atoms with Gasteiger partial charge in [0.2, 0.25) is 0 Å². The third-order valence-corrected chi connectivity index (χ3v) is 3.74. The molecule has 0 radical (unpaired) electrons. The minimum absolute atomic E-state index is 0.0688. The van der Waals surface area contributed by atoms with E-state index in [9.17, 15) is 4.79 Å². The highest BCUT2D eigenvalue weighted by atomic mass is 35.5. The van der Waals surface area contributed by atoms with Crippen LogP contribution in [0.15, 0.2) is 30.6 Å². The molecule has 20 heavy (non-hydrogen) atoms. The molecule has 1 aromatic carbocycles. The molecule has 0 saturated heterocycles. The maximum atomic E-state index is 12.5. The van der Waals surface area contributed by atoms with Crippen LogP contribution in [0.3, 0.4) is 0 Å². The van der Waals surface area contributed by atoms with Gasteiger partial charge in [0.1, 0.15) is 6.33 Å². The van der Waals surface area contributed by atoms with Crippen molar-refractivity contribution in [2.45, 2.75) is 13.5 Å². The van der Waals surface area contributed by atoms with Crippen LogP contribution >= 0.6 is 11.6 Å². The summed E-state index contributed by atoms with van der Waals surface area (Å²) in [5, 5.41) is 0.466. The van der Waals surface area contributed by atoms with E-state index < -0.39 is 0 Å². The Morgan fingerprint density at radius 2 is 2.20 bits per heavy atom. The number of carbonyl (C=O) groups excluding carboxylic acids is 1. The third kappa shape index (κ3) is 1.84. The van der Waals surface area contributed by atoms with Crippen molar-refractivity contribution in [3.8, 4) is 5.69 Å². The molecule has 1 aromatic heterocycles. The van der Waals surface area contributed by atoms with Crippen molar-refractivity contribution in [1.29, 1.82) is 0 Å². The van der Waals surface area contributed by atoms with Crippen LogP contribution in [0.25, 0.3) is 11.8 Å². The Bertz CT molecular complexity index is 718. The zero-order chi connectivity index (χ0) is 14.3. The Kier molecular flexibility index (Phi) is 3.10. The molecule has 0 spiro atoms. The van der Waals surface area contributed by atoms with E-state index in [2.05, 4.69) is 4.98 Å².